The summed E-state index contributed by atoms with van der Waals surface area (Å²) >= 11 is 0. The van der Waals surface area contributed by atoms with E-state index >= 15 is 0 Å². The number of para-hydroxylation sites is 1. The Kier molecular flexibility index (Phi) is 4.82. The van der Waals surface area contributed by atoms with E-state index in [2.05, 4.69) is 15.5 Å². The molecule has 5 nitrogen and oxygen atoms in total. The van der Waals surface area contributed by atoms with Crippen molar-refractivity contribution in [3.63, 3.8) is 0 Å². The van der Waals surface area contributed by atoms with E-state index in [1.807, 2.05) is 24.3 Å². The van der Waals surface area contributed by atoms with Gasteiger partial charge in [0.2, 0.25) is 0 Å². The maximum Gasteiger partial charge on any atom is 0.279 e. The molecule has 2 aromatic carbocycles. The predicted molar refractivity (Wildman–Crippen MR) is 81.4 cm³/mol. The smallest absolute Gasteiger partial charge is 0.279 e. The molecule has 2 aromatic rings. The molecule has 5 heteroatoms. The second-order valence-electron chi connectivity index (χ2n) is 4.29. The van der Waals surface area contributed by atoms with Crippen molar-refractivity contribution in [1.29, 1.82) is 0 Å². The van der Waals surface area contributed by atoms with E-state index < -0.39 is 5.91 Å². The van der Waals surface area contributed by atoms with Gasteiger partial charge in [-0.2, -0.15) is 5.11 Å². The summed E-state index contributed by atoms with van der Waals surface area (Å²) in [5.74, 6) is -0.705. The number of amides is 1. The molecule has 0 saturated heterocycles. The van der Waals surface area contributed by atoms with Gasteiger partial charge in [0.05, 0.1) is 5.69 Å². The van der Waals surface area contributed by atoms with Crippen LogP contribution >= 0.6 is 0 Å². The molecule has 2 N–H and O–H groups in total. The fourth-order valence-electron chi connectivity index (χ4n) is 1.60. The highest BCUT2D eigenvalue weighted by molar-refractivity contribution is 6.03. The standard InChI is InChI=1S/C16H15N3O2/c1-12(20)15(19-18-14-10-6-3-7-11-14)16(21)17-13-8-4-2-5-9-13/h2-11,20H,1H3,(H,17,21)/b15-12+,19-18?. The van der Waals surface area contributed by atoms with E-state index in [1.165, 1.54) is 6.92 Å². The van der Waals surface area contributed by atoms with Crippen molar-refractivity contribution >= 4 is 17.3 Å². The van der Waals surface area contributed by atoms with Gasteiger partial charge in [-0.15, -0.1) is 5.11 Å². The van der Waals surface area contributed by atoms with Crippen LogP contribution in [0.4, 0.5) is 11.4 Å². The Bertz CT molecular complexity index is 660. The van der Waals surface area contributed by atoms with Gasteiger partial charge in [-0.3, -0.25) is 4.79 Å². The van der Waals surface area contributed by atoms with Crippen molar-refractivity contribution < 1.29 is 9.90 Å². The van der Waals surface area contributed by atoms with E-state index in [1.54, 1.807) is 36.4 Å². The second-order valence-corrected chi connectivity index (χ2v) is 4.29. The summed E-state index contributed by atoms with van der Waals surface area (Å²) in [5, 5.41) is 20.0. The number of rotatable bonds is 4. The number of allylic oxidation sites excluding steroid dienone is 1. The SMILES string of the molecule is C/C(O)=C(\N=Nc1ccccc1)C(=O)Nc1ccccc1. The van der Waals surface area contributed by atoms with Gasteiger partial charge in [-0.1, -0.05) is 36.4 Å². The zero-order valence-electron chi connectivity index (χ0n) is 11.5. The molecule has 0 bridgehead atoms. The highest BCUT2D eigenvalue weighted by Gasteiger charge is 2.13. The second kappa shape index (κ2) is 7.00. The molecular weight excluding hydrogens is 266 g/mol. The lowest BCUT2D eigenvalue weighted by molar-refractivity contribution is -0.113. The van der Waals surface area contributed by atoms with Crippen molar-refractivity contribution in [3.8, 4) is 0 Å². The highest BCUT2D eigenvalue weighted by Crippen LogP contribution is 2.15. The first kappa shape index (κ1) is 14.5. The number of hydrogen-bond acceptors (Lipinski definition) is 4. The van der Waals surface area contributed by atoms with Crippen LogP contribution in [0.2, 0.25) is 0 Å². The molecule has 0 radical (unpaired) electrons. The lowest BCUT2D eigenvalue weighted by Crippen LogP contribution is -2.14. The Morgan fingerprint density at radius 3 is 2.14 bits per heavy atom. The predicted octanol–water partition coefficient (Wildman–Crippen LogP) is 4.20. The van der Waals surface area contributed by atoms with Crippen molar-refractivity contribution in [3.05, 3.63) is 72.1 Å². The molecule has 0 heterocycles. The molecule has 1 amide bonds. The molecule has 0 aromatic heterocycles. The van der Waals surface area contributed by atoms with E-state index in [9.17, 15) is 9.90 Å². The Morgan fingerprint density at radius 2 is 1.57 bits per heavy atom. The van der Waals surface area contributed by atoms with Crippen molar-refractivity contribution in [2.75, 3.05) is 5.32 Å². The number of nitrogens with zero attached hydrogens (tertiary/aromatic N) is 2. The molecule has 0 aliphatic carbocycles. The van der Waals surface area contributed by atoms with E-state index in [-0.39, 0.29) is 11.5 Å². The summed E-state index contributed by atoms with van der Waals surface area (Å²) in [6, 6.07) is 17.9. The van der Waals surface area contributed by atoms with Crippen LogP contribution in [0.3, 0.4) is 0 Å². The van der Waals surface area contributed by atoms with Crippen LogP contribution in [0.5, 0.6) is 0 Å². The molecular formula is C16H15N3O2. The third-order valence-electron chi connectivity index (χ3n) is 2.61. The van der Waals surface area contributed by atoms with Crippen LogP contribution in [-0.4, -0.2) is 11.0 Å². The Hall–Kier alpha value is -2.95. The number of carbonyl (C=O) groups is 1. The Labute approximate surface area is 122 Å². The molecule has 0 atom stereocenters. The fraction of sp³-hybridized carbons (Fsp3) is 0.0625. The molecule has 0 unspecified atom stereocenters. The normalized spacial score (nSPS) is 12.0. The number of aliphatic hydroxyl groups excluding tert-OH is 1. The first-order chi connectivity index (χ1) is 10.2. The van der Waals surface area contributed by atoms with Crippen LogP contribution in [0.1, 0.15) is 6.92 Å². The summed E-state index contributed by atoms with van der Waals surface area (Å²) < 4.78 is 0. The maximum atomic E-state index is 12.1. The van der Waals surface area contributed by atoms with Gasteiger partial charge in [0.1, 0.15) is 5.76 Å². The van der Waals surface area contributed by atoms with Crippen LogP contribution in [-0.2, 0) is 4.79 Å². The van der Waals surface area contributed by atoms with Crippen LogP contribution in [0, 0.1) is 0 Å². The number of anilines is 1. The highest BCUT2D eigenvalue weighted by atomic mass is 16.3. The van der Waals surface area contributed by atoms with Crippen LogP contribution in [0.25, 0.3) is 0 Å². The first-order valence-corrected chi connectivity index (χ1v) is 6.40. The third kappa shape index (κ3) is 4.28. The largest absolute Gasteiger partial charge is 0.510 e. The average molecular weight is 281 g/mol. The third-order valence-corrected chi connectivity index (χ3v) is 2.61. The van der Waals surface area contributed by atoms with E-state index in [4.69, 9.17) is 0 Å². The number of azo groups is 1. The van der Waals surface area contributed by atoms with Gasteiger partial charge >= 0.3 is 0 Å². The maximum absolute atomic E-state index is 12.1. The molecule has 106 valence electrons. The summed E-state index contributed by atoms with van der Waals surface area (Å²) in [6.07, 6.45) is 0. The molecule has 0 spiro atoms. The lowest BCUT2D eigenvalue weighted by Gasteiger charge is -2.05. The van der Waals surface area contributed by atoms with Crippen LogP contribution in [0.15, 0.2) is 82.3 Å². The summed E-state index contributed by atoms with van der Waals surface area (Å²) in [5.41, 5.74) is 1.10. The molecule has 0 saturated carbocycles. The number of aliphatic hydroxyl groups is 1. The van der Waals surface area contributed by atoms with E-state index in [0.717, 1.165) is 0 Å². The fourth-order valence-corrected chi connectivity index (χ4v) is 1.60. The summed E-state index contributed by atoms with van der Waals surface area (Å²) in [4.78, 5) is 12.1. The lowest BCUT2D eigenvalue weighted by atomic mass is 10.3. The number of hydrogen-bond donors (Lipinski definition) is 2. The minimum Gasteiger partial charge on any atom is -0.510 e. The molecule has 21 heavy (non-hydrogen) atoms. The summed E-state index contributed by atoms with van der Waals surface area (Å²) in [7, 11) is 0. The molecule has 0 aliphatic rings. The van der Waals surface area contributed by atoms with Gasteiger partial charge in [0, 0.05) is 5.69 Å². The number of nitrogens with one attached hydrogen (secondary N) is 1. The summed E-state index contributed by atoms with van der Waals surface area (Å²) in [6.45, 7) is 1.39. The monoisotopic (exact) mass is 281 g/mol. The molecule has 2 rings (SSSR count). The average Bonchev–Trinajstić information content (AvgIpc) is 2.49. The zero-order chi connectivity index (χ0) is 15.1. The Balaban J connectivity index is 2.15. The van der Waals surface area contributed by atoms with Gasteiger partial charge in [0.15, 0.2) is 5.70 Å². The first-order valence-electron chi connectivity index (χ1n) is 6.40. The van der Waals surface area contributed by atoms with Gasteiger partial charge in [-0.05, 0) is 31.2 Å². The number of carbonyl (C=O) groups excluding carboxylic acids is 1. The van der Waals surface area contributed by atoms with Crippen molar-refractivity contribution in [1.82, 2.24) is 0 Å². The zero-order valence-corrected chi connectivity index (χ0v) is 11.5. The van der Waals surface area contributed by atoms with E-state index in [0.29, 0.717) is 11.4 Å². The Morgan fingerprint density at radius 1 is 1.00 bits per heavy atom. The van der Waals surface area contributed by atoms with Crippen molar-refractivity contribution in [2.45, 2.75) is 6.92 Å². The topological polar surface area (TPSA) is 74.0 Å². The minimum absolute atomic E-state index is 0.122. The molecule has 0 aliphatic heterocycles. The van der Waals surface area contributed by atoms with Crippen LogP contribution < -0.4 is 5.32 Å². The van der Waals surface area contributed by atoms with Gasteiger partial charge in [-0.25, -0.2) is 0 Å². The van der Waals surface area contributed by atoms with Gasteiger partial charge < -0.3 is 10.4 Å². The van der Waals surface area contributed by atoms with Crippen molar-refractivity contribution in [2.24, 2.45) is 10.2 Å². The van der Waals surface area contributed by atoms with Gasteiger partial charge in [0.25, 0.3) is 5.91 Å². The molecule has 0 fully saturated rings. The minimum atomic E-state index is -0.513. The quantitative estimate of drug-likeness (QED) is 0.500. The number of benzene rings is 2.